The first-order chi connectivity index (χ1) is 8.88. The van der Waals surface area contributed by atoms with Gasteiger partial charge in [0.05, 0.1) is 5.51 Å². The Labute approximate surface area is 110 Å². The molecule has 92 valence electrons. The van der Waals surface area contributed by atoms with E-state index in [-0.39, 0.29) is 6.61 Å². The van der Waals surface area contributed by atoms with E-state index in [1.165, 1.54) is 4.88 Å². The van der Waals surface area contributed by atoms with Crippen molar-refractivity contribution < 1.29 is 4.74 Å². The van der Waals surface area contributed by atoms with Gasteiger partial charge in [-0.05, 0) is 17.7 Å². The summed E-state index contributed by atoms with van der Waals surface area (Å²) >= 11 is 1.64. The lowest BCUT2D eigenvalue weighted by Crippen LogP contribution is -2.11. The summed E-state index contributed by atoms with van der Waals surface area (Å²) in [4.78, 5) is 5.24. The molecule has 5 heteroatoms. The second-order valence-corrected chi connectivity index (χ2v) is 4.64. The van der Waals surface area contributed by atoms with Gasteiger partial charge in [-0.2, -0.15) is 5.26 Å². The first kappa shape index (κ1) is 12.6. The van der Waals surface area contributed by atoms with Gasteiger partial charge in [-0.1, -0.05) is 12.1 Å². The molecule has 2 rings (SSSR count). The van der Waals surface area contributed by atoms with Crippen LogP contribution in [0.5, 0.6) is 5.75 Å². The molecule has 0 amide bonds. The lowest BCUT2D eigenvalue weighted by atomic mass is 10.2. The van der Waals surface area contributed by atoms with Gasteiger partial charge in [0.2, 0.25) is 0 Å². The molecule has 0 atom stereocenters. The van der Waals surface area contributed by atoms with E-state index in [0.29, 0.717) is 0 Å². The average molecular weight is 259 g/mol. The SMILES string of the molecule is N#CCOc1cccc(CNCc2cncs2)c1. The molecular formula is C13H13N3OS. The van der Waals surface area contributed by atoms with Crippen LogP contribution in [0.1, 0.15) is 10.4 Å². The van der Waals surface area contributed by atoms with Gasteiger partial charge < -0.3 is 10.1 Å². The van der Waals surface area contributed by atoms with Crippen LogP contribution in [0.25, 0.3) is 0 Å². The summed E-state index contributed by atoms with van der Waals surface area (Å²) in [7, 11) is 0. The Kier molecular flexibility index (Phi) is 4.70. The van der Waals surface area contributed by atoms with Crippen molar-refractivity contribution in [2.75, 3.05) is 6.61 Å². The maximum Gasteiger partial charge on any atom is 0.174 e. The van der Waals surface area contributed by atoms with E-state index in [9.17, 15) is 0 Å². The summed E-state index contributed by atoms with van der Waals surface area (Å²) in [6.45, 7) is 1.66. The summed E-state index contributed by atoms with van der Waals surface area (Å²) < 4.78 is 5.25. The second-order valence-electron chi connectivity index (χ2n) is 3.67. The van der Waals surface area contributed by atoms with E-state index in [1.807, 2.05) is 42.0 Å². The zero-order valence-corrected chi connectivity index (χ0v) is 10.6. The molecule has 0 spiro atoms. The fourth-order valence-corrected chi connectivity index (χ4v) is 2.08. The van der Waals surface area contributed by atoms with Crippen LogP contribution in [0.2, 0.25) is 0 Å². The number of rotatable bonds is 6. The summed E-state index contributed by atoms with van der Waals surface area (Å²) in [6.07, 6.45) is 1.87. The van der Waals surface area contributed by atoms with Gasteiger partial charge in [-0.25, -0.2) is 0 Å². The number of hydrogen-bond acceptors (Lipinski definition) is 5. The number of benzene rings is 1. The average Bonchev–Trinajstić information content (AvgIpc) is 2.90. The highest BCUT2D eigenvalue weighted by Crippen LogP contribution is 2.13. The Bertz CT molecular complexity index is 519. The molecule has 0 aliphatic heterocycles. The van der Waals surface area contributed by atoms with Crippen molar-refractivity contribution in [2.45, 2.75) is 13.1 Å². The molecule has 1 heterocycles. The third kappa shape index (κ3) is 3.84. The maximum absolute atomic E-state index is 8.45. The van der Waals surface area contributed by atoms with E-state index >= 15 is 0 Å². The summed E-state index contributed by atoms with van der Waals surface area (Å²) in [5, 5.41) is 11.8. The van der Waals surface area contributed by atoms with E-state index in [1.54, 1.807) is 11.3 Å². The van der Waals surface area contributed by atoms with Crippen molar-refractivity contribution in [2.24, 2.45) is 0 Å². The van der Waals surface area contributed by atoms with Gasteiger partial charge in [-0.15, -0.1) is 11.3 Å². The van der Waals surface area contributed by atoms with Gasteiger partial charge in [0.15, 0.2) is 6.61 Å². The number of hydrogen-bond donors (Lipinski definition) is 1. The molecule has 0 aliphatic rings. The molecule has 1 N–H and O–H groups in total. The molecule has 0 fully saturated rings. The van der Waals surface area contributed by atoms with Crippen molar-refractivity contribution in [3.8, 4) is 11.8 Å². The van der Waals surface area contributed by atoms with E-state index < -0.39 is 0 Å². The number of ether oxygens (including phenoxy) is 1. The van der Waals surface area contributed by atoms with Gasteiger partial charge >= 0.3 is 0 Å². The fourth-order valence-electron chi connectivity index (χ4n) is 1.52. The first-order valence-electron chi connectivity index (χ1n) is 5.55. The molecule has 1 aromatic heterocycles. The largest absolute Gasteiger partial charge is 0.479 e. The summed E-state index contributed by atoms with van der Waals surface area (Å²) in [5.74, 6) is 0.730. The van der Waals surface area contributed by atoms with Gasteiger partial charge in [-0.3, -0.25) is 4.98 Å². The number of nitrogens with one attached hydrogen (secondary N) is 1. The van der Waals surface area contributed by atoms with Crippen molar-refractivity contribution in [3.05, 3.63) is 46.4 Å². The standard InChI is InChI=1S/C13H13N3OS/c14-4-5-17-12-3-1-2-11(6-12)7-15-8-13-9-16-10-18-13/h1-3,6,9-10,15H,5,7-8H2. The maximum atomic E-state index is 8.45. The molecule has 0 saturated heterocycles. The van der Waals surface area contributed by atoms with Crippen LogP contribution in [0.4, 0.5) is 0 Å². The molecule has 0 bridgehead atoms. The molecule has 4 nitrogen and oxygen atoms in total. The highest BCUT2D eigenvalue weighted by Gasteiger charge is 1.98. The Morgan fingerprint density at radius 1 is 1.39 bits per heavy atom. The molecule has 0 unspecified atom stereocenters. The number of nitriles is 1. The molecule has 0 saturated carbocycles. The Balaban J connectivity index is 1.83. The predicted molar refractivity (Wildman–Crippen MR) is 70.2 cm³/mol. The van der Waals surface area contributed by atoms with Crippen molar-refractivity contribution in [3.63, 3.8) is 0 Å². The molecule has 0 aliphatic carbocycles. The smallest absolute Gasteiger partial charge is 0.174 e. The molecular weight excluding hydrogens is 246 g/mol. The normalized spacial score (nSPS) is 9.94. The summed E-state index contributed by atoms with van der Waals surface area (Å²) in [6, 6.07) is 9.70. The van der Waals surface area contributed by atoms with Gasteiger partial charge in [0.1, 0.15) is 11.8 Å². The molecule has 0 radical (unpaired) electrons. The zero-order chi connectivity index (χ0) is 12.6. The lowest BCUT2D eigenvalue weighted by Gasteiger charge is -2.06. The predicted octanol–water partition coefficient (Wildman–Crippen LogP) is 2.34. The van der Waals surface area contributed by atoms with Crippen LogP contribution < -0.4 is 10.1 Å². The monoisotopic (exact) mass is 259 g/mol. The third-order valence-corrected chi connectivity index (χ3v) is 3.09. The van der Waals surface area contributed by atoms with Crippen LogP contribution >= 0.6 is 11.3 Å². The Morgan fingerprint density at radius 2 is 2.33 bits per heavy atom. The second kappa shape index (κ2) is 6.74. The quantitative estimate of drug-likeness (QED) is 0.865. The van der Waals surface area contributed by atoms with Crippen LogP contribution in [-0.2, 0) is 13.1 Å². The van der Waals surface area contributed by atoms with Crippen LogP contribution in [0, 0.1) is 11.3 Å². The molecule has 1 aromatic carbocycles. The van der Waals surface area contributed by atoms with Crippen molar-refractivity contribution in [1.82, 2.24) is 10.3 Å². The van der Waals surface area contributed by atoms with Crippen LogP contribution in [-0.4, -0.2) is 11.6 Å². The zero-order valence-electron chi connectivity index (χ0n) is 9.80. The van der Waals surface area contributed by atoms with Crippen LogP contribution in [0.15, 0.2) is 36.0 Å². The highest BCUT2D eigenvalue weighted by atomic mass is 32.1. The van der Waals surface area contributed by atoms with E-state index in [2.05, 4.69) is 10.3 Å². The van der Waals surface area contributed by atoms with Crippen molar-refractivity contribution >= 4 is 11.3 Å². The summed E-state index contributed by atoms with van der Waals surface area (Å²) in [5.41, 5.74) is 2.96. The van der Waals surface area contributed by atoms with E-state index in [4.69, 9.17) is 10.00 Å². The van der Waals surface area contributed by atoms with E-state index in [0.717, 1.165) is 24.4 Å². The fraction of sp³-hybridized carbons (Fsp3) is 0.231. The van der Waals surface area contributed by atoms with Crippen LogP contribution in [0.3, 0.4) is 0 Å². The minimum atomic E-state index is 0.0811. The minimum absolute atomic E-state index is 0.0811. The van der Waals surface area contributed by atoms with Gasteiger partial charge in [0, 0.05) is 24.2 Å². The lowest BCUT2D eigenvalue weighted by molar-refractivity contribution is 0.367. The first-order valence-corrected chi connectivity index (χ1v) is 6.43. The third-order valence-electron chi connectivity index (χ3n) is 2.31. The number of nitrogens with zero attached hydrogens (tertiary/aromatic N) is 2. The molecule has 18 heavy (non-hydrogen) atoms. The minimum Gasteiger partial charge on any atom is -0.479 e. The number of aromatic nitrogens is 1. The Morgan fingerprint density at radius 3 is 3.11 bits per heavy atom. The topological polar surface area (TPSA) is 57.9 Å². The number of thiazole rings is 1. The highest BCUT2D eigenvalue weighted by molar-refractivity contribution is 7.09. The van der Waals surface area contributed by atoms with Crippen molar-refractivity contribution in [1.29, 1.82) is 5.26 Å². The Hall–Kier alpha value is -1.90. The molecule has 2 aromatic rings. The van der Waals surface area contributed by atoms with Gasteiger partial charge in [0.25, 0.3) is 0 Å².